The van der Waals surface area contributed by atoms with Crippen LogP contribution < -0.4 is 5.32 Å². The van der Waals surface area contributed by atoms with Gasteiger partial charge in [-0.2, -0.15) is 0 Å². The molecular weight excluding hydrogens is 176 g/mol. The fourth-order valence-corrected chi connectivity index (χ4v) is 1.82. The molecule has 0 saturated carbocycles. The summed E-state index contributed by atoms with van der Waals surface area (Å²) < 4.78 is 12.8. The van der Waals surface area contributed by atoms with E-state index in [9.17, 15) is 0 Å². The highest BCUT2D eigenvalue weighted by Crippen LogP contribution is 2.15. The number of ether oxygens (including phenoxy) is 2. The zero-order chi connectivity index (χ0) is 8.39. The Balaban J connectivity index is 1.91. The average Bonchev–Trinajstić information content (AvgIpc) is 2.57. The lowest BCUT2D eigenvalue weighted by molar-refractivity contribution is -0.0346. The lowest BCUT2D eigenvalue weighted by atomic mass is 10.2. The number of thiol groups is 1. The van der Waals surface area contributed by atoms with Gasteiger partial charge in [0.15, 0.2) is 0 Å². The highest BCUT2D eigenvalue weighted by atomic mass is 32.1. The van der Waals surface area contributed by atoms with Gasteiger partial charge in [-0.25, -0.2) is 4.31 Å². The number of nitrogens with zero attached hydrogens (tertiary/aromatic N) is 1. The van der Waals surface area contributed by atoms with E-state index < -0.39 is 0 Å². The lowest BCUT2D eigenvalue weighted by Crippen LogP contribution is -2.51. The van der Waals surface area contributed by atoms with Crippen molar-refractivity contribution in [1.29, 1.82) is 0 Å². The van der Waals surface area contributed by atoms with Crippen LogP contribution in [0.3, 0.4) is 0 Å². The molecule has 4 nitrogen and oxygen atoms in total. The maximum Gasteiger partial charge on any atom is 0.127 e. The van der Waals surface area contributed by atoms with Crippen molar-refractivity contribution < 1.29 is 9.47 Å². The van der Waals surface area contributed by atoms with Crippen molar-refractivity contribution in [3.8, 4) is 0 Å². The number of hydrogen-bond donors (Lipinski definition) is 2. The fourth-order valence-electron chi connectivity index (χ4n) is 1.55. The highest BCUT2D eigenvalue weighted by Gasteiger charge is 2.31. The minimum absolute atomic E-state index is 0.0998. The van der Waals surface area contributed by atoms with Crippen LogP contribution in [0.4, 0.5) is 0 Å². The summed E-state index contributed by atoms with van der Waals surface area (Å²) in [6.45, 7) is 4.08. The predicted molar refractivity (Wildman–Crippen MR) is 48.0 cm³/mol. The van der Waals surface area contributed by atoms with E-state index in [1.54, 1.807) is 0 Å². The van der Waals surface area contributed by atoms with E-state index in [-0.39, 0.29) is 12.3 Å². The summed E-state index contributed by atoms with van der Waals surface area (Å²) in [5.74, 6) is 0. The molecule has 1 N–H and O–H groups in total. The fraction of sp³-hybridized carbons (Fsp3) is 1.00. The minimum atomic E-state index is 0.0998. The monoisotopic (exact) mass is 190 g/mol. The maximum absolute atomic E-state index is 5.48. The molecule has 0 radical (unpaired) electrons. The van der Waals surface area contributed by atoms with Crippen LogP contribution in [0.15, 0.2) is 0 Å². The normalized spacial score (nSPS) is 38.8. The molecule has 0 aromatic carbocycles. The Labute approximate surface area is 77.7 Å². The Morgan fingerprint density at radius 3 is 3.00 bits per heavy atom. The molecule has 12 heavy (non-hydrogen) atoms. The van der Waals surface area contributed by atoms with Crippen molar-refractivity contribution >= 4 is 12.8 Å². The largest absolute Gasteiger partial charge is 0.378 e. The molecule has 2 aliphatic heterocycles. The molecule has 2 unspecified atom stereocenters. The van der Waals surface area contributed by atoms with E-state index in [1.165, 1.54) is 0 Å². The Bertz CT molecular complexity index is 152. The second-order valence-electron chi connectivity index (χ2n) is 3.05. The molecule has 2 saturated heterocycles. The molecule has 2 heterocycles. The van der Waals surface area contributed by atoms with Gasteiger partial charge in [0.1, 0.15) is 6.23 Å². The van der Waals surface area contributed by atoms with Gasteiger partial charge in [-0.05, 0) is 0 Å². The molecule has 0 amide bonds. The van der Waals surface area contributed by atoms with Gasteiger partial charge in [0, 0.05) is 13.1 Å². The number of nitrogens with one attached hydrogen (secondary N) is 1. The van der Waals surface area contributed by atoms with Crippen molar-refractivity contribution in [2.75, 3.05) is 32.9 Å². The summed E-state index contributed by atoms with van der Waals surface area (Å²) in [4.78, 5) is 0. The molecule has 5 heteroatoms. The van der Waals surface area contributed by atoms with E-state index in [2.05, 4.69) is 18.1 Å². The first-order valence-corrected chi connectivity index (χ1v) is 4.66. The van der Waals surface area contributed by atoms with Gasteiger partial charge >= 0.3 is 0 Å². The van der Waals surface area contributed by atoms with Crippen LogP contribution in [0.25, 0.3) is 0 Å². The quantitative estimate of drug-likeness (QED) is 0.545. The lowest BCUT2D eigenvalue weighted by Gasteiger charge is -2.34. The SMILES string of the molecule is SN1CCOCC1C1NCCO1. The second kappa shape index (κ2) is 3.93. The summed E-state index contributed by atoms with van der Waals surface area (Å²) in [6.07, 6.45) is 0.0998. The van der Waals surface area contributed by atoms with Crippen molar-refractivity contribution in [3.05, 3.63) is 0 Å². The molecule has 0 aliphatic carbocycles. The summed E-state index contributed by atoms with van der Waals surface area (Å²) in [6, 6.07) is 0.254. The molecule has 0 aromatic heterocycles. The third kappa shape index (κ3) is 1.75. The molecule has 2 rings (SSSR count). The molecule has 0 aromatic rings. The van der Waals surface area contributed by atoms with Crippen LogP contribution in [-0.4, -0.2) is 49.5 Å². The standard InChI is InChI=1S/C7H14N2O2S/c12-9-2-4-10-5-6(9)7-8-1-3-11-7/h6-8,12H,1-5H2. The van der Waals surface area contributed by atoms with Crippen molar-refractivity contribution in [2.45, 2.75) is 12.3 Å². The van der Waals surface area contributed by atoms with Crippen LogP contribution in [0, 0.1) is 0 Å². The zero-order valence-corrected chi connectivity index (χ0v) is 7.80. The molecule has 2 fully saturated rings. The summed E-state index contributed by atoms with van der Waals surface area (Å²) in [5, 5.41) is 3.26. The van der Waals surface area contributed by atoms with Crippen LogP contribution >= 0.6 is 12.8 Å². The second-order valence-corrected chi connectivity index (χ2v) is 3.56. The minimum Gasteiger partial charge on any atom is -0.378 e. The van der Waals surface area contributed by atoms with Gasteiger partial charge in [-0.15, -0.1) is 0 Å². The molecule has 0 spiro atoms. The van der Waals surface area contributed by atoms with Gasteiger partial charge in [0.2, 0.25) is 0 Å². The Morgan fingerprint density at radius 2 is 2.33 bits per heavy atom. The van der Waals surface area contributed by atoms with Crippen LogP contribution in [-0.2, 0) is 9.47 Å². The third-order valence-corrected chi connectivity index (χ3v) is 2.73. The topological polar surface area (TPSA) is 33.7 Å². The van der Waals surface area contributed by atoms with Crippen LogP contribution in [0.1, 0.15) is 0 Å². The first kappa shape index (κ1) is 8.77. The highest BCUT2D eigenvalue weighted by molar-refractivity contribution is 7.77. The summed E-state index contributed by atoms with van der Waals surface area (Å²) in [5.41, 5.74) is 0. The average molecular weight is 190 g/mol. The van der Waals surface area contributed by atoms with Gasteiger partial charge in [0.05, 0.1) is 25.9 Å². The molecule has 0 bridgehead atoms. The molecule has 2 atom stereocenters. The smallest absolute Gasteiger partial charge is 0.127 e. The van der Waals surface area contributed by atoms with Crippen molar-refractivity contribution in [2.24, 2.45) is 0 Å². The maximum atomic E-state index is 5.48. The third-order valence-electron chi connectivity index (χ3n) is 2.23. The van der Waals surface area contributed by atoms with E-state index in [0.717, 1.165) is 26.3 Å². The molecular formula is C7H14N2O2S. The Hall–Kier alpha value is 0.190. The van der Waals surface area contributed by atoms with Gasteiger partial charge in [0.25, 0.3) is 0 Å². The van der Waals surface area contributed by atoms with E-state index in [0.29, 0.717) is 6.61 Å². The number of morpholine rings is 1. The molecule has 70 valence electrons. The first-order valence-electron chi connectivity index (χ1n) is 4.26. The first-order chi connectivity index (χ1) is 5.88. The van der Waals surface area contributed by atoms with E-state index >= 15 is 0 Å². The van der Waals surface area contributed by atoms with Crippen molar-refractivity contribution in [3.63, 3.8) is 0 Å². The molecule has 2 aliphatic rings. The number of rotatable bonds is 1. The zero-order valence-electron chi connectivity index (χ0n) is 6.90. The van der Waals surface area contributed by atoms with E-state index in [4.69, 9.17) is 9.47 Å². The Morgan fingerprint density at radius 1 is 1.42 bits per heavy atom. The summed E-state index contributed by atoms with van der Waals surface area (Å²) >= 11 is 4.36. The van der Waals surface area contributed by atoms with Gasteiger partial charge < -0.3 is 9.47 Å². The van der Waals surface area contributed by atoms with Crippen LogP contribution in [0.5, 0.6) is 0 Å². The van der Waals surface area contributed by atoms with Gasteiger partial charge in [-0.1, -0.05) is 12.8 Å². The number of hydrogen-bond acceptors (Lipinski definition) is 5. The van der Waals surface area contributed by atoms with Crippen molar-refractivity contribution in [1.82, 2.24) is 9.62 Å². The predicted octanol–water partition coefficient (Wildman–Crippen LogP) is -0.522. The van der Waals surface area contributed by atoms with Crippen LogP contribution in [0.2, 0.25) is 0 Å². The Kier molecular flexibility index (Phi) is 2.87. The summed E-state index contributed by atoms with van der Waals surface area (Å²) in [7, 11) is 0. The van der Waals surface area contributed by atoms with Gasteiger partial charge in [-0.3, -0.25) is 5.32 Å². The van der Waals surface area contributed by atoms with E-state index in [1.807, 2.05) is 4.31 Å².